The molecule has 1 aliphatic heterocycles. The van der Waals surface area contributed by atoms with Crippen LogP contribution in [-0.2, 0) is 18.4 Å². The molecule has 3 heteroatoms. The maximum Gasteiger partial charge on any atom is 0.110 e. The van der Waals surface area contributed by atoms with E-state index in [1.807, 2.05) is 0 Å². The Kier molecular flexibility index (Phi) is 2.41. The van der Waals surface area contributed by atoms with Gasteiger partial charge in [-0.25, -0.2) is 4.98 Å². The van der Waals surface area contributed by atoms with Crippen LogP contribution in [0.3, 0.4) is 0 Å². The quantitative estimate of drug-likeness (QED) is 0.850. The number of rotatable bonds is 1. The van der Waals surface area contributed by atoms with Crippen molar-refractivity contribution >= 4 is 0 Å². The van der Waals surface area contributed by atoms with E-state index in [0.29, 0.717) is 5.41 Å². The summed E-state index contributed by atoms with van der Waals surface area (Å²) in [5, 5.41) is 3.52. The summed E-state index contributed by atoms with van der Waals surface area (Å²) in [6, 6.07) is 0. The molecule has 4 saturated carbocycles. The molecule has 2 heterocycles. The van der Waals surface area contributed by atoms with E-state index in [1.165, 1.54) is 44.3 Å². The van der Waals surface area contributed by atoms with Gasteiger partial charge in [-0.2, -0.15) is 0 Å². The zero-order valence-electron chi connectivity index (χ0n) is 12.3. The molecular formula is C17H25N3. The summed E-state index contributed by atoms with van der Waals surface area (Å²) in [6.45, 7) is 3.34. The molecule has 0 amide bonds. The van der Waals surface area contributed by atoms with Crippen LogP contribution in [0.1, 0.15) is 50.0 Å². The van der Waals surface area contributed by atoms with Gasteiger partial charge in [0, 0.05) is 43.4 Å². The van der Waals surface area contributed by atoms with Gasteiger partial charge in [0.05, 0.1) is 0 Å². The van der Waals surface area contributed by atoms with Crippen LogP contribution < -0.4 is 5.32 Å². The molecule has 4 aliphatic carbocycles. The minimum absolute atomic E-state index is 0.504. The van der Waals surface area contributed by atoms with Crippen LogP contribution in [0.25, 0.3) is 0 Å². The minimum Gasteiger partial charge on any atom is -0.330 e. The molecular weight excluding hydrogens is 246 g/mol. The number of nitrogens with zero attached hydrogens (tertiary/aromatic N) is 2. The molecule has 0 atom stereocenters. The zero-order chi connectivity index (χ0) is 13.2. The lowest BCUT2D eigenvalue weighted by Crippen LogP contribution is -2.49. The van der Waals surface area contributed by atoms with Crippen molar-refractivity contribution in [3.63, 3.8) is 0 Å². The Labute approximate surface area is 121 Å². The summed E-state index contributed by atoms with van der Waals surface area (Å²) < 4.78 is 2.59. The molecule has 108 valence electrons. The highest BCUT2D eigenvalue weighted by atomic mass is 15.1. The summed E-state index contributed by atoms with van der Waals surface area (Å²) >= 11 is 0. The molecule has 0 radical (unpaired) electrons. The van der Waals surface area contributed by atoms with E-state index in [2.05, 4.69) is 16.1 Å². The predicted octanol–water partition coefficient (Wildman–Crippen LogP) is 2.50. The van der Waals surface area contributed by atoms with Crippen LogP contribution >= 0.6 is 0 Å². The molecule has 1 aromatic rings. The van der Waals surface area contributed by atoms with E-state index in [-0.39, 0.29) is 0 Å². The number of fused-ring (bicyclic) bond motifs is 1. The molecule has 0 aromatic carbocycles. The van der Waals surface area contributed by atoms with E-state index in [4.69, 9.17) is 4.98 Å². The van der Waals surface area contributed by atoms with Gasteiger partial charge in [-0.1, -0.05) is 0 Å². The van der Waals surface area contributed by atoms with Crippen LogP contribution in [0, 0.1) is 17.8 Å². The second kappa shape index (κ2) is 4.09. The molecule has 0 spiro atoms. The third-order valence-electron chi connectivity index (χ3n) is 6.56. The highest BCUT2D eigenvalue weighted by molar-refractivity contribution is 5.24. The lowest BCUT2D eigenvalue weighted by molar-refractivity contribution is -0.00886. The van der Waals surface area contributed by atoms with Crippen LogP contribution in [0.4, 0.5) is 0 Å². The lowest BCUT2D eigenvalue weighted by atomic mass is 9.49. The van der Waals surface area contributed by atoms with Gasteiger partial charge >= 0.3 is 0 Å². The second-order valence-corrected chi connectivity index (χ2v) is 7.91. The van der Waals surface area contributed by atoms with Crippen molar-refractivity contribution in [1.82, 2.24) is 14.9 Å². The summed E-state index contributed by atoms with van der Waals surface area (Å²) in [6.07, 6.45) is 12.3. The number of imidazole rings is 1. The Hall–Kier alpha value is -0.830. The van der Waals surface area contributed by atoms with Crippen molar-refractivity contribution < 1.29 is 0 Å². The number of hydrogen-bond donors (Lipinski definition) is 1. The van der Waals surface area contributed by atoms with Gasteiger partial charge in [0.15, 0.2) is 0 Å². The lowest BCUT2D eigenvalue weighted by Gasteiger charge is -2.56. The summed E-state index contributed by atoms with van der Waals surface area (Å²) in [7, 11) is 0. The Bertz CT molecular complexity index is 495. The van der Waals surface area contributed by atoms with Gasteiger partial charge in [-0.3, -0.25) is 0 Å². The highest BCUT2D eigenvalue weighted by Crippen LogP contribution is 2.60. The van der Waals surface area contributed by atoms with E-state index in [0.717, 1.165) is 43.8 Å². The van der Waals surface area contributed by atoms with E-state index >= 15 is 0 Å². The van der Waals surface area contributed by atoms with E-state index in [1.54, 1.807) is 5.69 Å². The summed E-state index contributed by atoms with van der Waals surface area (Å²) in [4.78, 5) is 4.80. The van der Waals surface area contributed by atoms with Crippen molar-refractivity contribution in [3.05, 3.63) is 17.7 Å². The van der Waals surface area contributed by atoms with Crippen LogP contribution in [0.2, 0.25) is 0 Å². The fourth-order valence-corrected chi connectivity index (χ4v) is 6.23. The number of aromatic nitrogens is 2. The van der Waals surface area contributed by atoms with Crippen LogP contribution in [0.5, 0.6) is 0 Å². The van der Waals surface area contributed by atoms with E-state index < -0.39 is 0 Å². The third-order valence-corrected chi connectivity index (χ3v) is 6.56. The second-order valence-electron chi connectivity index (χ2n) is 7.91. The normalized spacial score (nSPS) is 42.5. The molecule has 4 bridgehead atoms. The van der Waals surface area contributed by atoms with Gasteiger partial charge in [-0.15, -0.1) is 0 Å². The van der Waals surface area contributed by atoms with Gasteiger partial charge in [0.1, 0.15) is 5.82 Å². The molecule has 1 aromatic heterocycles. The van der Waals surface area contributed by atoms with Crippen molar-refractivity contribution in [3.8, 4) is 0 Å². The van der Waals surface area contributed by atoms with Crippen LogP contribution in [0.15, 0.2) is 6.20 Å². The SMILES string of the molecule is c1nc2n(c1C13CC4CC(CC(C4)C1)C3)CCNCC2. The summed E-state index contributed by atoms with van der Waals surface area (Å²) in [5.74, 6) is 4.41. The fourth-order valence-electron chi connectivity index (χ4n) is 6.23. The Morgan fingerprint density at radius 3 is 2.45 bits per heavy atom. The van der Waals surface area contributed by atoms with Crippen molar-refractivity contribution in [1.29, 1.82) is 0 Å². The zero-order valence-corrected chi connectivity index (χ0v) is 12.3. The molecule has 20 heavy (non-hydrogen) atoms. The molecule has 3 nitrogen and oxygen atoms in total. The fraction of sp³-hybridized carbons (Fsp3) is 0.824. The molecule has 5 aliphatic rings. The Morgan fingerprint density at radius 2 is 1.75 bits per heavy atom. The average Bonchev–Trinajstić information content (AvgIpc) is 2.68. The first-order valence-electron chi connectivity index (χ1n) is 8.58. The molecule has 0 saturated heterocycles. The first kappa shape index (κ1) is 11.8. The van der Waals surface area contributed by atoms with Crippen molar-refractivity contribution in [2.75, 3.05) is 13.1 Å². The first-order valence-corrected chi connectivity index (χ1v) is 8.58. The Morgan fingerprint density at radius 1 is 1.05 bits per heavy atom. The number of nitrogens with one attached hydrogen (secondary N) is 1. The standard InChI is InChI=1S/C17H25N3/c1-2-18-3-4-20-15(11-19-16(1)20)17-8-12-5-13(9-17)7-14(6-12)10-17/h11-14,18H,1-10H2. The maximum absolute atomic E-state index is 4.80. The maximum atomic E-state index is 4.80. The van der Waals surface area contributed by atoms with Gasteiger partial charge in [-0.05, 0) is 56.3 Å². The van der Waals surface area contributed by atoms with Gasteiger partial charge in [0.2, 0.25) is 0 Å². The molecule has 0 unspecified atom stereocenters. The van der Waals surface area contributed by atoms with Crippen molar-refractivity contribution in [2.45, 2.75) is 56.9 Å². The molecule has 4 fully saturated rings. The molecule has 1 N–H and O–H groups in total. The minimum atomic E-state index is 0.504. The number of hydrogen-bond acceptors (Lipinski definition) is 2. The third kappa shape index (κ3) is 1.59. The van der Waals surface area contributed by atoms with Crippen LogP contribution in [-0.4, -0.2) is 22.6 Å². The molecule has 6 rings (SSSR count). The Balaban J connectivity index is 1.58. The van der Waals surface area contributed by atoms with Gasteiger partial charge < -0.3 is 9.88 Å². The largest absolute Gasteiger partial charge is 0.330 e. The monoisotopic (exact) mass is 271 g/mol. The topological polar surface area (TPSA) is 29.9 Å². The van der Waals surface area contributed by atoms with Crippen molar-refractivity contribution in [2.24, 2.45) is 17.8 Å². The first-order chi connectivity index (χ1) is 9.82. The van der Waals surface area contributed by atoms with Gasteiger partial charge in [0.25, 0.3) is 0 Å². The highest BCUT2D eigenvalue weighted by Gasteiger charge is 2.52. The smallest absolute Gasteiger partial charge is 0.110 e. The predicted molar refractivity (Wildman–Crippen MR) is 78.7 cm³/mol. The average molecular weight is 271 g/mol. The van der Waals surface area contributed by atoms with E-state index in [9.17, 15) is 0 Å². The summed E-state index contributed by atoms with van der Waals surface area (Å²) in [5.41, 5.74) is 2.11.